The number of nitrogens with zero attached hydrogens (tertiary/aromatic N) is 1. The van der Waals surface area contributed by atoms with Crippen LogP contribution in [0.1, 0.15) is 68.5 Å². The number of carbonyl (C=O) groups is 2. The Morgan fingerprint density at radius 3 is 2.60 bits per heavy atom. The molecule has 3 N–H and O–H groups in total. The second kappa shape index (κ2) is 10.2. The van der Waals surface area contributed by atoms with Gasteiger partial charge in [0.05, 0.1) is 23.8 Å². The van der Waals surface area contributed by atoms with Gasteiger partial charge in [-0.05, 0) is 117 Å². The molecule has 9 heteroatoms. The molecule has 4 aliphatic rings. The van der Waals surface area contributed by atoms with Gasteiger partial charge in [-0.3, -0.25) is 4.79 Å². The first-order valence-electron chi connectivity index (χ1n) is 14.6. The molecule has 42 heavy (non-hydrogen) atoms. The van der Waals surface area contributed by atoms with E-state index < -0.39 is 28.2 Å². The number of aliphatic hydroxyl groups is 1. The van der Waals surface area contributed by atoms with Crippen molar-refractivity contribution in [2.24, 2.45) is 39.3 Å². The molecule has 0 spiro atoms. The molecule has 222 valence electrons. The molecule has 6 rings (SSSR count). The quantitative estimate of drug-likeness (QED) is 0.286. The molecule has 1 aromatic carbocycles. The molecule has 0 aliphatic heterocycles. The topological polar surface area (TPSA) is 115 Å². The lowest BCUT2D eigenvalue weighted by Crippen LogP contribution is -2.62. The van der Waals surface area contributed by atoms with Crippen LogP contribution in [-0.2, 0) is 9.53 Å². The van der Waals surface area contributed by atoms with E-state index in [0.29, 0.717) is 37.1 Å². The lowest BCUT2D eigenvalue weighted by molar-refractivity contribution is -0.174. The number of aliphatic imine (C=N–C) groups is 1. The van der Waals surface area contributed by atoms with Crippen LogP contribution in [0.15, 0.2) is 69.4 Å². The van der Waals surface area contributed by atoms with Crippen molar-refractivity contribution >= 4 is 35.1 Å². The molecule has 1 aromatic heterocycles. The van der Waals surface area contributed by atoms with Crippen molar-refractivity contribution in [2.75, 3.05) is 0 Å². The van der Waals surface area contributed by atoms with Crippen LogP contribution in [0, 0.1) is 41.3 Å². The van der Waals surface area contributed by atoms with Crippen LogP contribution >= 0.6 is 12.6 Å². The Balaban J connectivity index is 1.34. The third-order valence-electron chi connectivity index (χ3n) is 11.0. The molecule has 4 aliphatic carbocycles. The summed E-state index contributed by atoms with van der Waals surface area (Å²) in [6.45, 7) is 5.87. The SMILES string of the molecule is Cc1occc1C(=O)O[C@]1(C(=O)S)CC[C@H]2[C@@H]3CCC4=CC(=Nc5ccc(F)cc5)C(=CN)C[C@]4(C)[C@H]3[C@@H](O)C[C@@]21C. The number of rotatable bonds is 4. The Hall–Kier alpha value is -3.17. The van der Waals surface area contributed by atoms with Crippen LogP contribution in [0.4, 0.5) is 10.1 Å². The average molecular weight is 593 g/mol. The summed E-state index contributed by atoms with van der Waals surface area (Å²) in [4.78, 5) is 31.3. The smallest absolute Gasteiger partial charge is 0.342 e. The van der Waals surface area contributed by atoms with E-state index in [4.69, 9.17) is 19.9 Å². The van der Waals surface area contributed by atoms with Gasteiger partial charge in [0.25, 0.3) is 0 Å². The Bertz CT molecular complexity index is 1530. The molecule has 7 atom stereocenters. The number of esters is 1. The van der Waals surface area contributed by atoms with Crippen LogP contribution in [0.5, 0.6) is 0 Å². The lowest BCUT2D eigenvalue weighted by atomic mass is 9.45. The zero-order valence-corrected chi connectivity index (χ0v) is 25.0. The monoisotopic (exact) mass is 592 g/mol. The number of allylic oxidation sites excluding steroid dienone is 3. The molecule has 3 saturated carbocycles. The molecule has 3 fully saturated rings. The lowest BCUT2D eigenvalue weighted by Gasteiger charge is -2.60. The van der Waals surface area contributed by atoms with Crippen molar-refractivity contribution in [1.82, 2.24) is 0 Å². The van der Waals surface area contributed by atoms with Crippen molar-refractivity contribution in [3.63, 3.8) is 0 Å². The first-order chi connectivity index (χ1) is 19.9. The Kier molecular flexibility index (Phi) is 7.04. The Morgan fingerprint density at radius 1 is 1.21 bits per heavy atom. The maximum absolute atomic E-state index is 13.5. The molecule has 0 amide bonds. The zero-order chi connectivity index (χ0) is 30.0. The number of furan rings is 1. The van der Waals surface area contributed by atoms with Crippen LogP contribution < -0.4 is 5.73 Å². The van der Waals surface area contributed by atoms with E-state index in [9.17, 15) is 19.1 Å². The number of thiol groups is 1. The van der Waals surface area contributed by atoms with E-state index in [1.165, 1.54) is 24.0 Å². The van der Waals surface area contributed by atoms with Gasteiger partial charge in [0.1, 0.15) is 17.1 Å². The highest BCUT2D eigenvalue weighted by molar-refractivity contribution is 7.96. The summed E-state index contributed by atoms with van der Waals surface area (Å²) >= 11 is 4.28. The number of benzene rings is 1. The molecular formula is C33H37FN2O5S. The normalized spacial score (nSPS) is 37.5. The van der Waals surface area contributed by atoms with E-state index in [2.05, 4.69) is 25.6 Å². The van der Waals surface area contributed by atoms with Crippen molar-refractivity contribution in [1.29, 1.82) is 0 Å². The highest BCUT2D eigenvalue weighted by atomic mass is 32.1. The minimum absolute atomic E-state index is 0.0539. The molecule has 2 aromatic rings. The number of carbonyl (C=O) groups excluding carboxylic acids is 2. The maximum atomic E-state index is 13.5. The first-order valence-corrected chi connectivity index (χ1v) is 15.0. The summed E-state index contributed by atoms with van der Waals surface area (Å²) in [6.07, 6.45) is 7.98. The fourth-order valence-corrected chi connectivity index (χ4v) is 9.36. The summed E-state index contributed by atoms with van der Waals surface area (Å²) in [7, 11) is 0. The third kappa shape index (κ3) is 4.22. The molecular weight excluding hydrogens is 555 g/mol. The Labute approximate surface area is 250 Å². The number of hydrogen-bond acceptors (Lipinski definition) is 7. The third-order valence-corrected chi connectivity index (χ3v) is 11.3. The van der Waals surface area contributed by atoms with Gasteiger partial charge < -0.3 is 20.0 Å². The number of nitrogens with two attached hydrogens (primary N) is 1. The van der Waals surface area contributed by atoms with Gasteiger partial charge in [0.2, 0.25) is 5.12 Å². The number of aryl methyl sites for hydroxylation is 1. The standard InChI is InChI=1S/C33H37FN2O5S/c1-18-23(11-13-40-18)29(38)41-33(30(39)42)12-10-25-24-9-4-20-14-26(36-22-7-5-21(34)6-8-22)19(17-35)15-31(20,2)28(24)27(37)16-32(25,33)3/h5-8,11,13-14,17,24-25,27-28,37H,4,9-10,12,15-16,35H2,1-3H3,(H,39,42)/t24-,25-,27-,28+,31-,32-,33-/m0/s1. The highest BCUT2D eigenvalue weighted by Crippen LogP contribution is 2.69. The number of halogens is 1. The molecule has 7 nitrogen and oxygen atoms in total. The Morgan fingerprint density at radius 2 is 1.95 bits per heavy atom. The molecule has 0 unspecified atom stereocenters. The van der Waals surface area contributed by atoms with E-state index in [1.54, 1.807) is 31.3 Å². The minimum Gasteiger partial charge on any atom is -0.469 e. The summed E-state index contributed by atoms with van der Waals surface area (Å²) in [5.41, 5.74) is 7.31. The van der Waals surface area contributed by atoms with Gasteiger partial charge in [-0.1, -0.05) is 19.4 Å². The summed E-state index contributed by atoms with van der Waals surface area (Å²) in [5, 5.41) is 11.5. The number of aliphatic hydroxyl groups excluding tert-OH is 1. The molecule has 0 saturated heterocycles. The molecule has 1 heterocycles. The second-order valence-electron chi connectivity index (χ2n) is 12.9. The van der Waals surface area contributed by atoms with Crippen molar-refractivity contribution in [3.05, 3.63) is 77.2 Å². The number of hydrogen-bond donors (Lipinski definition) is 3. The van der Waals surface area contributed by atoms with E-state index in [-0.39, 0.29) is 34.5 Å². The van der Waals surface area contributed by atoms with E-state index >= 15 is 0 Å². The summed E-state index contributed by atoms with van der Waals surface area (Å²) in [6, 6.07) is 7.60. The van der Waals surface area contributed by atoms with Gasteiger partial charge >= 0.3 is 5.97 Å². The van der Waals surface area contributed by atoms with Crippen LogP contribution in [-0.4, -0.2) is 33.6 Å². The minimum atomic E-state index is -1.45. The fourth-order valence-electron chi connectivity index (χ4n) is 8.95. The van der Waals surface area contributed by atoms with Gasteiger partial charge in [0.15, 0.2) is 5.60 Å². The highest BCUT2D eigenvalue weighted by Gasteiger charge is 2.70. The maximum Gasteiger partial charge on any atom is 0.342 e. The number of ether oxygens (including phenoxy) is 1. The van der Waals surface area contributed by atoms with Crippen LogP contribution in [0.3, 0.4) is 0 Å². The van der Waals surface area contributed by atoms with Crippen LogP contribution in [0.25, 0.3) is 0 Å². The summed E-state index contributed by atoms with van der Waals surface area (Å²) in [5.74, 6) is -0.413. The van der Waals surface area contributed by atoms with Crippen molar-refractivity contribution < 1.29 is 28.2 Å². The first kappa shape index (κ1) is 28.9. The molecule has 0 bridgehead atoms. The predicted molar refractivity (Wildman–Crippen MR) is 160 cm³/mol. The van der Waals surface area contributed by atoms with Gasteiger partial charge in [0, 0.05) is 5.41 Å². The van der Waals surface area contributed by atoms with Gasteiger partial charge in [-0.15, -0.1) is 12.6 Å². The van der Waals surface area contributed by atoms with Gasteiger partial charge in [-0.2, -0.15) is 0 Å². The van der Waals surface area contributed by atoms with Crippen molar-refractivity contribution in [3.8, 4) is 0 Å². The average Bonchev–Trinajstić information content (AvgIpc) is 3.50. The van der Waals surface area contributed by atoms with Crippen molar-refractivity contribution in [2.45, 2.75) is 71.0 Å². The largest absolute Gasteiger partial charge is 0.469 e. The number of fused-ring (bicyclic) bond motifs is 5. The van der Waals surface area contributed by atoms with E-state index in [0.717, 1.165) is 24.1 Å². The predicted octanol–water partition coefficient (Wildman–Crippen LogP) is 6.24. The van der Waals surface area contributed by atoms with E-state index in [1.807, 2.05) is 6.92 Å². The second-order valence-corrected chi connectivity index (χ2v) is 13.3. The van der Waals surface area contributed by atoms with Crippen LogP contribution in [0.2, 0.25) is 0 Å². The fraction of sp³-hybridized carbons (Fsp3) is 0.485. The van der Waals surface area contributed by atoms with Gasteiger partial charge in [-0.25, -0.2) is 14.2 Å². The molecule has 0 radical (unpaired) electrons. The zero-order valence-electron chi connectivity index (χ0n) is 24.1. The summed E-state index contributed by atoms with van der Waals surface area (Å²) < 4.78 is 24.9.